The third-order valence-corrected chi connectivity index (χ3v) is 5.02. The molecule has 4 heterocycles. The monoisotopic (exact) mass is 396 g/mol. The van der Waals surface area contributed by atoms with Gasteiger partial charge in [0.2, 0.25) is 5.91 Å². The molecule has 144 valence electrons. The fraction of sp³-hybridized carbons (Fsp3) is 0.316. The number of amides is 1. The Morgan fingerprint density at radius 1 is 1.14 bits per heavy atom. The van der Waals surface area contributed by atoms with Crippen molar-refractivity contribution in [3.63, 3.8) is 0 Å². The van der Waals surface area contributed by atoms with Gasteiger partial charge >= 0.3 is 0 Å². The first-order chi connectivity index (χ1) is 13.8. The van der Waals surface area contributed by atoms with E-state index in [4.69, 9.17) is 4.74 Å². The van der Waals surface area contributed by atoms with Gasteiger partial charge in [-0.25, -0.2) is 15.0 Å². The largest absolute Gasteiger partial charge is 0.380 e. The number of aromatic nitrogens is 4. The molecule has 1 amide bonds. The fourth-order valence-electron chi connectivity index (χ4n) is 2.92. The maximum absolute atomic E-state index is 12.6. The third kappa shape index (κ3) is 4.75. The number of pyridine rings is 1. The van der Waals surface area contributed by atoms with Crippen LogP contribution in [0.15, 0.2) is 42.0 Å². The van der Waals surface area contributed by atoms with Crippen molar-refractivity contribution >= 4 is 23.1 Å². The summed E-state index contributed by atoms with van der Waals surface area (Å²) in [7, 11) is 0. The van der Waals surface area contributed by atoms with E-state index in [1.807, 2.05) is 23.6 Å². The molecule has 9 heteroatoms. The number of rotatable bonds is 5. The molecule has 3 aromatic heterocycles. The first kappa shape index (κ1) is 18.6. The lowest BCUT2D eigenvalue weighted by Crippen LogP contribution is -2.35. The lowest BCUT2D eigenvalue weighted by atomic mass is 10.3. The van der Waals surface area contributed by atoms with Crippen molar-refractivity contribution in [2.75, 3.05) is 38.2 Å². The van der Waals surface area contributed by atoms with Crippen LogP contribution in [0, 0.1) is 0 Å². The average Bonchev–Trinajstić information content (AvgIpc) is 3.14. The number of carbonyl (C=O) groups is 1. The zero-order chi connectivity index (χ0) is 19.2. The number of ether oxygens (including phenoxy) is 1. The second-order valence-electron chi connectivity index (χ2n) is 6.30. The summed E-state index contributed by atoms with van der Waals surface area (Å²) in [4.78, 5) is 32.4. The van der Waals surface area contributed by atoms with Crippen molar-refractivity contribution in [3.8, 4) is 22.2 Å². The van der Waals surface area contributed by atoms with Crippen molar-refractivity contribution in [3.05, 3.63) is 42.0 Å². The van der Waals surface area contributed by atoms with Crippen LogP contribution in [0.2, 0.25) is 0 Å². The molecular weight excluding hydrogens is 376 g/mol. The normalized spacial score (nSPS) is 15.1. The molecule has 0 aliphatic carbocycles. The highest BCUT2D eigenvalue weighted by Crippen LogP contribution is 2.25. The van der Waals surface area contributed by atoms with E-state index >= 15 is 0 Å². The Kier molecular flexibility index (Phi) is 5.95. The Balaban J connectivity index is 1.57. The number of anilines is 1. The van der Waals surface area contributed by atoms with E-state index in [-0.39, 0.29) is 5.91 Å². The molecule has 0 radical (unpaired) electrons. The van der Waals surface area contributed by atoms with Crippen LogP contribution in [0.25, 0.3) is 22.2 Å². The molecule has 0 spiro atoms. The number of hydrogen-bond donors (Lipinski definition) is 1. The van der Waals surface area contributed by atoms with Crippen molar-refractivity contribution in [1.82, 2.24) is 24.8 Å². The highest BCUT2D eigenvalue weighted by molar-refractivity contribution is 7.13. The van der Waals surface area contributed by atoms with Gasteiger partial charge in [-0.2, -0.15) is 0 Å². The molecule has 1 N–H and O–H groups in total. The van der Waals surface area contributed by atoms with Crippen molar-refractivity contribution < 1.29 is 9.53 Å². The smallest absolute Gasteiger partial charge is 0.239 e. The summed E-state index contributed by atoms with van der Waals surface area (Å²) in [5.41, 5.74) is 1.30. The van der Waals surface area contributed by atoms with Gasteiger partial charge < -0.3 is 10.1 Å². The van der Waals surface area contributed by atoms with Crippen LogP contribution in [-0.4, -0.2) is 63.6 Å². The lowest BCUT2D eigenvalue weighted by molar-refractivity contribution is -0.117. The number of nitrogens with one attached hydrogen (secondary N) is 1. The summed E-state index contributed by atoms with van der Waals surface area (Å²) in [5, 5.41) is 5.55. The molecule has 0 aromatic carbocycles. The minimum Gasteiger partial charge on any atom is -0.380 e. The molecule has 0 atom stereocenters. The summed E-state index contributed by atoms with van der Waals surface area (Å²) in [5.74, 6) is 0.779. The third-order valence-electron chi connectivity index (χ3n) is 4.22. The molecular formula is C19H20N6O2S. The lowest BCUT2D eigenvalue weighted by Gasteiger charge is -2.18. The molecule has 8 nitrogen and oxygen atoms in total. The zero-order valence-corrected chi connectivity index (χ0v) is 16.1. The highest BCUT2D eigenvalue weighted by atomic mass is 32.1. The molecule has 4 rings (SSSR count). The SMILES string of the molecule is O=C(CN1CCCOCC1)Nc1cc(-c2nccs2)nc(-c2ccccn2)n1. The Labute approximate surface area is 166 Å². The standard InChI is InChI=1S/C19H20N6O2S/c26-17(13-25-7-3-9-27-10-8-25)23-16-12-15(19-21-6-11-28-19)22-18(24-16)14-4-1-2-5-20-14/h1-2,4-6,11-12H,3,7-10,13H2,(H,22,23,24,26). The van der Waals surface area contributed by atoms with Crippen LogP contribution < -0.4 is 5.32 Å². The number of nitrogens with zero attached hydrogens (tertiary/aromatic N) is 5. The van der Waals surface area contributed by atoms with E-state index in [2.05, 4.69) is 30.2 Å². The zero-order valence-electron chi connectivity index (χ0n) is 15.2. The maximum atomic E-state index is 12.6. The van der Waals surface area contributed by atoms with Gasteiger partial charge in [0, 0.05) is 43.5 Å². The highest BCUT2D eigenvalue weighted by Gasteiger charge is 2.16. The van der Waals surface area contributed by atoms with Gasteiger partial charge in [-0.05, 0) is 18.6 Å². The van der Waals surface area contributed by atoms with Gasteiger partial charge in [0.15, 0.2) is 5.82 Å². The van der Waals surface area contributed by atoms with Crippen LogP contribution in [0.4, 0.5) is 5.82 Å². The van der Waals surface area contributed by atoms with E-state index in [0.717, 1.165) is 31.1 Å². The molecule has 1 fully saturated rings. The Morgan fingerprint density at radius 2 is 2.11 bits per heavy atom. The first-order valence-electron chi connectivity index (χ1n) is 9.08. The van der Waals surface area contributed by atoms with Gasteiger partial charge in [-0.15, -0.1) is 11.3 Å². The van der Waals surface area contributed by atoms with Crippen molar-refractivity contribution in [1.29, 1.82) is 0 Å². The van der Waals surface area contributed by atoms with E-state index in [1.165, 1.54) is 11.3 Å². The number of thiazole rings is 1. The predicted octanol–water partition coefficient (Wildman–Crippen LogP) is 2.32. The molecule has 0 saturated carbocycles. The van der Waals surface area contributed by atoms with Gasteiger partial charge in [-0.3, -0.25) is 14.7 Å². The van der Waals surface area contributed by atoms with Crippen LogP contribution in [-0.2, 0) is 9.53 Å². The van der Waals surface area contributed by atoms with Gasteiger partial charge in [-0.1, -0.05) is 6.07 Å². The molecule has 1 saturated heterocycles. The second-order valence-corrected chi connectivity index (χ2v) is 7.20. The summed E-state index contributed by atoms with van der Waals surface area (Å²) >= 11 is 1.48. The Morgan fingerprint density at radius 3 is 2.93 bits per heavy atom. The quantitative estimate of drug-likeness (QED) is 0.707. The molecule has 1 aliphatic heterocycles. The van der Waals surface area contributed by atoms with E-state index in [0.29, 0.717) is 36.2 Å². The summed E-state index contributed by atoms with van der Waals surface area (Å²) < 4.78 is 5.44. The number of hydrogen-bond acceptors (Lipinski definition) is 8. The number of carbonyl (C=O) groups excluding carboxylic acids is 1. The average molecular weight is 396 g/mol. The second kappa shape index (κ2) is 8.96. The molecule has 1 aliphatic rings. The first-order valence-corrected chi connectivity index (χ1v) is 9.96. The van der Waals surface area contributed by atoms with E-state index in [9.17, 15) is 4.79 Å². The van der Waals surface area contributed by atoms with Crippen molar-refractivity contribution in [2.24, 2.45) is 0 Å². The molecule has 0 bridgehead atoms. The molecule has 28 heavy (non-hydrogen) atoms. The van der Waals surface area contributed by atoms with Gasteiger partial charge in [0.25, 0.3) is 0 Å². The van der Waals surface area contributed by atoms with Crippen LogP contribution >= 0.6 is 11.3 Å². The topological polar surface area (TPSA) is 93.1 Å². The Hall–Kier alpha value is -2.75. The van der Waals surface area contributed by atoms with Crippen LogP contribution in [0.1, 0.15) is 6.42 Å². The van der Waals surface area contributed by atoms with Crippen LogP contribution in [0.5, 0.6) is 0 Å². The van der Waals surface area contributed by atoms with E-state index in [1.54, 1.807) is 18.5 Å². The maximum Gasteiger partial charge on any atom is 0.239 e. The Bertz CT molecular complexity index is 911. The summed E-state index contributed by atoms with van der Waals surface area (Å²) in [6.07, 6.45) is 4.34. The molecule has 0 unspecified atom stereocenters. The van der Waals surface area contributed by atoms with E-state index < -0.39 is 0 Å². The summed E-state index contributed by atoms with van der Waals surface area (Å²) in [6, 6.07) is 7.29. The summed E-state index contributed by atoms with van der Waals surface area (Å²) in [6.45, 7) is 3.30. The fourth-order valence-corrected chi connectivity index (χ4v) is 3.52. The minimum atomic E-state index is -0.113. The van der Waals surface area contributed by atoms with Crippen molar-refractivity contribution in [2.45, 2.75) is 6.42 Å². The minimum absolute atomic E-state index is 0.113. The predicted molar refractivity (Wildman–Crippen MR) is 107 cm³/mol. The molecule has 3 aromatic rings. The van der Waals surface area contributed by atoms with Gasteiger partial charge in [0.1, 0.15) is 22.2 Å². The van der Waals surface area contributed by atoms with Gasteiger partial charge in [0.05, 0.1) is 13.2 Å². The van der Waals surface area contributed by atoms with Crippen LogP contribution in [0.3, 0.4) is 0 Å².